The lowest BCUT2D eigenvalue weighted by molar-refractivity contribution is 0.127. The molecular weight excluding hydrogens is 284 g/mol. The van der Waals surface area contributed by atoms with E-state index in [0.717, 1.165) is 42.8 Å². The van der Waals surface area contributed by atoms with E-state index < -0.39 is 0 Å². The van der Waals surface area contributed by atoms with E-state index in [1.807, 2.05) is 14.0 Å². The molecule has 0 unspecified atom stereocenters. The van der Waals surface area contributed by atoms with Crippen LogP contribution in [0.25, 0.3) is 0 Å². The second kappa shape index (κ2) is 9.73. The SMILES string of the molecule is CN=C(NCCOCCC(C)C)N(C)Cc1csc(C)n1. The maximum atomic E-state index is 5.59. The van der Waals surface area contributed by atoms with E-state index >= 15 is 0 Å². The largest absolute Gasteiger partial charge is 0.380 e. The number of nitrogens with one attached hydrogen (secondary N) is 1. The van der Waals surface area contributed by atoms with E-state index in [9.17, 15) is 0 Å². The standard InChI is InChI=1S/C15H28N4OS/c1-12(2)6-8-20-9-7-17-15(16-4)19(5)10-14-11-21-13(3)18-14/h11-12H,6-10H2,1-5H3,(H,16,17). The Hall–Kier alpha value is -1.14. The number of thiazole rings is 1. The number of guanidine groups is 1. The summed E-state index contributed by atoms with van der Waals surface area (Å²) in [6.45, 7) is 9.50. The highest BCUT2D eigenvalue weighted by Gasteiger charge is 2.08. The fraction of sp³-hybridized carbons (Fsp3) is 0.733. The quantitative estimate of drug-likeness (QED) is 0.455. The summed E-state index contributed by atoms with van der Waals surface area (Å²) in [5.74, 6) is 1.56. The van der Waals surface area contributed by atoms with Gasteiger partial charge in [0.15, 0.2) is 5.96 Å². The van der Waals surface area contributed by atoms with Gasteiger partial charge in [0.25, 0.3) is 0 Å². The normalized spacial score (nSPS) is 12.0. The van der Waals surface area contributed by atoms with Crippen molar-refractivity contribution in [1.82, 2.24) is 15.2 Å². The molecule has 0 saturated heterocycles. The van der Waals surface area contributed by atoms with Gasteiger partial charge in [0.1, 0.15) is 0 Å². The van der Waals surface area contributed by atoms with E-state index in [1.54, 1.807) is 18.4 Å². The molecule has 0 aliphatic carbocycles. The number of aromatic nitrogens is 1. The van der Waals surface area contributed by atoms with Crippen LogP contribution in [0.3, 0.4) is 0 Å². The molecule has 1 rings (SSSR count). The molecule has 1 aromatic heterocycles. The third-order valence-corrected chi connectivity index (χ3v) is 3.83. The number of aryl methyl sites for hydroxylation is 1. The van der Waals surface area contributed by atoms with Crippen molar-refractivity contribution >= 4 is 17.3 Å². The first-order chi connectivity index (χ1) is 10.0. The predicted molar refractivity (Wildman–Crippen MR) is 90.0 cm³/mol. The summed E-state index contributed by atoms with van der Waals surface area (Å²) in [4.78, 5) is 10.8. The van der Waals surface area contributed by atoms with Crippen molar-refractivity contribution in [2.24, 2.45) is 10.9 Å². The lowest BCUT2D eigenvalue weighted by Crippen LogP contribution is -2.40. The van der Waals surface area contributed by atoms with Crippen LogP contribution in [-0.2, 0) is 11.3 Å². The molecule has 0 aromatic carbocycles. The Balaban J connectivity index is 2.24. The van der Waals surface area contributed by atoms with E-state index in [1.165, 1.54) is 0 Å². The molecule has 1 N–H and O–H groups in total. The minimum absolute atomic E-state index is 0.693. The molecular formula is C15H28N4OS. The monoisotopic (exact) mass is 312 g/mol. The van der Waals surface area contributed by atoms with Gasteiger partial charge in [0.2, 0.25) is 0 Å². The van der Waals surface area contributed by atoms with Gasteiger partial charge in [-0.3, -0.25) is 4.99 Å². The fourth-order valence-corrected chi connectivity index (χ4v) is 2.44. The smallest absolute Gasteiger partial charge is 0.193 e. The molecule has 120 valence electrons. The first-order valence-corrected chi connectivity index (χ1v) is 8.31. The zero-order valence-electron chi connectivity index (χ0n) is 13.8. The van der Waals surface area contributed by atoms with Crippen molar-refractivity contribution in [3.8, 4) is 0 Å². The topological polar surface area (TPSA) is 49.8 Å². The molecule has 5 nitrogen and oxygen atoms in total. The first kappa shape index (κ1) is 17.9. The lowest BCUT2D eigenvalue weighted by Gasteiger charge is -2.21. The first-order valence-electron chi connectivity index (χ1n) is 7.43. The lowest BCUT2D eigenvalue weighted by atomic mass is 10.1. The molecule has 0 saturated carbocycles. The van der Waals surface area contributed by atoms with Crippen LogP contribution in [-0.4, -0.2) is 49.7 Å². The number of ether oxygens (including phenoxy) is 1. The number of hydrogen-bond donors (Lipinski definition) is 1. The molecule has 0 amide bonds. The Labute approximate surface area is 132 Å². The maximum Gasteiger partial charge on any atom is 0.193 e. The van der Waals surface area contributed by atoms with Crippen LogP contribution in [0, 0.1) is 12.8 Å². The van der Waals surface area contributed by atoms with Gasteiger partial charge in [-0.15, -0.1) is 11.3 Å². The van der Waals surface area contributed by atoms with Gasteiger partial charge in [0, 0.05) is 32.6 Å². The van der Waals surface area contributed by atoms with Gasteiger partial charge in [-0.05, 0) is 19.3 Å². The summed E-state index contributed by atoms with van der Waals surface area (Å²) >= 11 is 1.68. The summed E-state index contributed by atoms with van der Waals surface area (Å²) in [7, 11) is 3.81. The minimum Gasteiger partial charge on any atom is -0.380 e. The van der Waals surface area contributed by atoms with Gasteiger partial charge in [0.05, 0.1) is 23.9 Å². The van der Waals surface area contributed by atoms with Gasteiger partial charge in [-0.25, -0.2) is 4.98 Å². The molecule has 0 atom stereocenters. The number of hydrogen-bond acceptors (Lipinski definition) is 4. The van der Waals surface area contributed by atoms with E-state index in [2.05, 4.69) is 39.4 Å². The van der Waals surface area contributed by atoms with E-state index in [0.29, 0.717) is 12.5 Å². The van der Waals surface area contributed by atoms with Crippen LogP contribution in [0.2, 0.25) is 0 Å². The second-order valence-electron chi connectivity index (χ2n) is 5.48. The average molecular weight is 312 g/mol. The Morgan fingerprint density at radius 3 is 2.81 bits per heavy atom. The van der Waals surface area contributed by atoms with Crippen LogP contribution in [0.1, 0.15) is 31.0 Å². The van der Waals surface area contributed by atoms with Crippen LogP contribution in [0.15, 0.2) is 10.4 Å². The Morgan fingerprint density at radius 2 is 2.24 bits per heavy atom. The molecule has 0 spiro atoms. The number of rotatable bonds is 8. The van der Waals surface area contributed by atoms with Crippen molar-refractivity contribution in [3.05, 3.63) is 16.1 Å². The van der Waals surface area contributed by atoms with Crippen LogP contribution < -0.4 is 5.32 Å². The van der Waals surface area contributed by atoms with Crippen molar-refractivity contribution in [1.29, 1.82) is 0 Å². The molecule has 6 heteroatoms. The summed E-state index contributed by atoms with van der Waals surface area (Å²) in [6, 6.07) is 0. The van der Waals surface area contributed by atoms with E-state index in [4.69, 9.17) is 4.74 Å². The molecule has 0 fully saturated rings. The van der Waals surface area contributed by atoms with Gasteiger partial charge in [-0.1, -0.05) is 13.8 Å². The van der Waals surface area contributed by atoms with Crippen LogP contribution >= 0.6 is 11.3 Å². The second-order valence-corrected chi connectivity index (χ2v) is 6.55. The summed E-state index contributed by atoms with van der Waals surface area (Å²) in [6.07, 6.45) is 1.11. The van der Waals surface area contributed by atoms with Gasteiger partial charge < -0.3 is 15.0 Å². The Kier molecular flexibility index (Phi) is 8.30. The van der Waals surface area contributed by atoms with Gasteiger partial charge in [-0.2, -0.15) is 0 Å². The van der Waals surface area contributed by atoms with Crippen molar-refractivity contribution in [2.75, 3.05) is 33.9 Å². The van der Waals surface area contributed by atoms with Crippen molar-refractivity contribution < 1.29 is 4.74 Å². The molecule has 0 bridgehead atoms. The molecule has 0 aliphatic rings. The molecule has 21 heavy (non-hydrogen) atoms. The predicted octanol–water partition coefficient (Wildman–Crippen LogP) is 2.52. The Bertz CT molecular complexity index is 431. The highest BCUT2D eigenvalue weighted by molar-refractivity contribution is 7.09. The summed E-state index contributed by atoms with van der Waals surface area (Å²) < 4.78 is 5.59. The molecule has 1 heterocycles. The zero-order chi connectivity index (χ0) is 15.7. The summed E-state index contributed by atoms with van der Waals surface area (Å²) in [5, 5.41) is 6.50. The molecule has 1 aromatic rings. The number of aliphatic imine (C=N–C) groups is 1. The molecule has 0 aliphatic heterocycles. The highest BCUT2D eigenvalue weighted by Crippen LogP contribution is 2.09. The maximum absolute atomic E-state index is 5.59. The van der Waals surface area contributed by atoms with Crippen molar-refractivity contribution in [2.45, 2.75) is 33.7 Å². The van der Waals surface area contributed by atoms with E-state index in [-0.39, 0.29) is 0 Å². The number of nitrogens with zero attached hydrogens (tertiary/aromatic N) is 3. The molecule has 0 radical (unpaired) electrons. The fourth-order valence-electron chi connectivity index (χ4n) is 1.84. The Morgan fingerprint density at radius 1 is 1.48 bits per heavy atom. The zero-order valence-corrected chi connectivity index (χ0v) is 14.7. The third kappa shape index (κ3) is 7.43. The summed E-state index contributed by atoms with van der Waals surface area (Å²) in [5.41, 5.74) is 1.08. The van der Waals surface area contributed by atoms with Crippen molar-refractivity contribution in [3.63, 3.8) is 0 Å². The van der Waals surface area contributed by atoms with Crippen LogP contribution in [0.5, 0.6) is 0 Å². The average Bonchev–Trinajstić information content (AvgIpc) is 2.82. The minimum atomic E-state index is 0.693. The highest BCUT2D eigenvalue weighted by atomic mass is 32.1. The third-order valence-electron chi connectivity index (χ3n) is 3.01. The van der Waals surface area contributed by atoms with Gasteiger partial charge >= 0.3 is 0 Å². The van der Waals surface area contributed by atoms with Crippen LogP contribution in [0.4, 0.5) is 0 Å².